The summed E-state index contributed by atoms with van der Waals surface area (Å²) in [5.74, 6) is 0.425. The van der Waals surface area contributed by atoms with Crippen LogP contribution >= 0.6 is 49.6 Å². The van der Waals surface area contributed by atoms with E-state index in [1.807, 2.05) is 0 Å². The van der Waals surface area contributed by atoms with Crippen LogP contribution in [0.1, 0.15) is 258 Å². The summed E-state index contributed by atoms with van der Waals surface area (Å²) < 4.78 is 56.6. The van der Waals surface area contributed by atoms with Gasteiger partial charge in [-0.2, -0.15) is 0 Å². The fourth-order valence-corrected chi connectivity index (χ4v) is 11.0. The Hall–Kier alpha value is 0.820. The predicted octanol–water partition coefficient (Wildman–Crippen LogP) is 13.8. The van der Waals surface area contributed by atoms with Gasteiger partial charge in [0.05, 0.1) is 11.5 Å². The monoisotopic (exact) mass is 1090 g/mol. The molecule has 0 saturated heterocycles. The molecule has 0 atom stereocenters. The first-order chi connectivity index (χ1) is 31.3. The molecule has 0 fully saturated rings. The lowest BCUT2D eigenvalue weighted by atomic mass is 10.0. The molecule has 0 aliphatic carbocycles. The van der Waals surface area contributed by atoms with Crippen LogP contribution in [0.3, 0.4) is 0 Å². The molecule has 0 aliphatic rings. The maximum absolute atomic E-state index is 12.7. The number of rotatable bonds is 56. The van der Waals surface area contributed by atoms with Gasteiger partial charge in [-0.05, 0) is 104 Å². The molecule has 418 valence electrons. The SMILES string of the molecule is CCCCCCCCCCCCCCCCCCS(=O)(=O)NCCCN(CCCNCCCCNCCCN)CCCNS(=O)(=O)CCCCCCCCCCCCCCCCCC.Cl.Cl.Cl.Cl. The van der Waals surface area contributed by atoms with E-state index in [0.717, 1.165) is 129 Å². The zero-order chi connectivity index (χ0) is 46.8. The number of nitrogens with two attached hydrogens (primary N) is 1. The summed E-state index contributed by atoms with van der Waals surface area (Å²) in [5.41, 5.74) is 5.57. The van der Waals surface area contributed by atoms with Gasteiger partial charge in [-0.1, -0.05) is 206 Å². The molecule has 0 aromatic carbocycles. The smallest absolute Gasteiger partial charge is 0.211 e. The Morgan fingerprint density at radius 1 is 0.309 bits per heavy atom. The highest BCUT2D eigenvalue weighted by Gasteiger charge is 2.12. The van der Waals surface area contributed by atoms with Gasteiger partial charge in [0.25, 0.3) is 0 Å². The van der Waals surface area contributed by atoms with Crippen LogP contribution in [0.5, 0.6) is 0 Å². The van der Waals surface area contributed by atoms with Crippen LogP contribution in [0.2, 0.25) is 0 Å². The van der Waals surface area contributed by atoms with Crippen molar-refractivity contribution in [3.8, 4) is 0 Å². The van der Waals surface area contributed by atoms with E-state index in [0.29, 0.717) is 13.1 Å². The second-order valence-electron chi connectivity index (χ2n) is 19.3. The topological polar surface area (TPSA) is 146 Å². The van der Waals surface area contributed by atoms with E-state index < -0.39 is 20.0 Å². The summed E-state index contributed by atoms with van der Waals surface area (Å²) in [5, 5.41) is 7.01. The van der Waals surface area contributed by atoms with Crippen LogP contribution in [-0.2, 0) is 20.0 Å². The number of nitrogens with zero attached hydrogens (tertiary/aromatic N) is 1. The van der Waals surface area contributed by atoms with Gasteiger partial charge in [-0.15, -0.1) is 49.6 Å². The number of nitrogens with one attached hydrogen (secondary N) is 4. The lowest BCUT2D eigenvalue weighted by Gasteiger charge is -2.22. The molecule has 0 aliphatic heterocycles. The summed E-state index contributed by atoms with van der Waals surface area (Å²) in [6.45, 7) is 12.6. The van der Waals surface area contributed by atoms with Gasteiger partial charge < -0.3 is 21.3 Å². The van der Waals surface area contributed by atoms with Crippen LogP contribution in [0.15, 0.2) is 0 Å². The maximum atomic E-state index is 12.7. The Kier molecular flexibility index (Phi) is 71.0. The molecule has 0 saturated carbocycles. The first-order valence-corrected chi connectivity index (χ1v) is 31.3. The summed E-state index contributed by atoms with van der Waals surface area (Å²) in [7, 11) is -6.53. The van der Waals surface area contributed by atoms with Crippen molar-refractivity contribution < 1.29 is 16.8 Å². The van der Waals surface area contributed by atoms with Crippen molar-refractivity contribution in [1.82, 2.24) is 25.0 Å². The standard InChI is InChI=1S/C52H112N6O4S2.4ClH/c1-3-5-7-9-11-13-15-17-19-21-23-25-27-29-31-35-51-63(59,60)56-46-39-49-58(48-38-45-55-43-34-33-42-54-44-37-41-53)50-40-47-57-64(61,62)52-36-32-30-28-26-24-22-20-18-16-14-12-10-8-6-4-2;;;;/h54-57H,3-53H2,1-2H3;4*1H. The van der Waals surface area contributed by atoms with Gasteiger partial charge in [-0.3, -0.25) is 0 Å². The zero-order valence-corrected chi connectivity index (χ0v) is 49.4. The molecule has 0 amide bonds. The Labute approximate surface area is 449 Å². The second kappa shape index (κ2) is 62.1. The third kappa shape index (κ3) is 62.9. The van der Waals surface area contributed by atoms with Gasteiger partial charge in [0, 0.05) is 13.1 Å². The normalized spacial score (nSPS) is 11.6. The molecule has 0 rings (SSSR count). The highest BCUT2D eigenvalue weighted by atomic mass is 35.5. The zero-order valence-electron chi connectivity index (χ0n) is 44.5. The van der Waals surface area contributed by atoms with E-state index in [4.69, 9.17) is 5.73 Å². The van der Waals surface area contributed by atoms with Crippen molar-refractivity contribution in [2.75, 3.05) is 77.0 Å². The minimum atomic E-state index is -3.26. The van der Waals surface area contributed by atoms with E-state index >= 15 is 0 Å². The minimum Gasteiger partial charge on any atom is -0.330 e. The number of halogens is 4. The third-order valence-corrected chi connectivity index (χ3v) is 15.8. The largest absolute Gasteiger partial charge is 0.330 e. The van der Waals surface area contributed by atoms with Crippen LogP contribution in [-0.4, -0.2) is 98.7 Å². The Morgan fingerprint density at radius 3 is 0.824 bits per heavy atom. The van der Waals surface area contributed by atoms with Crippen molar-refractivity contribution >= 4 is 69.7 Å². The molecule has 0 heterocycles. The lowest BCUT2D eigenvalue weighted by molar-refractivity contribution is 0.263. The number of unbranched alkanes of at least 4 members (excludes halogenated alkanes) is 31. The fraction of sp³-hybridized carbons (Fsp3) is 1.00. The molecule has 16 heteroatoms. The van der Waals surface area contributed by atoms with E-state index in [-0.39, 0.29) is 61.1 Å². The molecule has 0 radical (unpaired) electrons. The van der Waals surface area contributed by atoms with Crippen molar-refractivity contribution in [2.45, 2.75) is 258 Å². The van der Waals surface area contributed by atoms with Gasteiger partial charge in [0.15, 0.2) is 0 Å². The molecular formula is C52H116Cl4N6O4S2. The van der Waals surface area contributed by atoms with Crippen LogP contribution in [0.4, 0.5) is 0 Å². The first kappa shape index (κ1) is 77.7. The highest BCUT2D eigenvalue weighted by Crippen LogP contribution is 2.16. The Balaban J connectivity index is -0.00000331. The average Bonchev–Trinajstić information content (AvgIpc) is 3.27. The molecule has 0 aromatic heterocycles. The van der Waals surface area contributed by atoms with Crippen LogP contribution in [0, 0.1) is 0 Å². The quantitative estimate of drug-likeness (QED) is 0.0379. The van der Waals surface area contributed by atoms with Crippen molar-refractivity contribution in [2.24, 2.45) is 5.73 Å². The van der Waals surface area contributed by atoms with E-state index in [2.05, 4.69) is 38.8 Å². The first-order valence-electron chi connectivity index (χ1n) is 28.0. The summed E-state index contributed by atoms with van der Waals surface area (Å²) in [4.78, 5) is 2.37. The van der Waals surface area contributed by atoms with Gasteiger partial charge in [-0.25, -0.2) is 26.3 Å². The van der Waals surface area contributed by atoms with Crippen molar-refractivity contribution in [3.63, 3.8) is 0 Å². The van der Waals surface area contributed by atoms with E-state index in [1.54, 1.807) is 0 Å². The van der Waals surface area contributed by atoms with E-state index in [1.165, 1.54) is 167 Å². The van der Waals surface area contributed by atoms with Gasteiger partial charge in [0.2, 0.25) is 20.0 Å². The third-order valence-electron chi connectivity index (χ3n) is 12.8. The molecule has 10 nitrogen and oxygen atoms in total. The van der Waals surface area contributed by atoms with Gasteiger partial charge in [0.1, 0.15) is 0 Å². The fourth-order valence-electron chi connectivity index (χ4n) is 8.63. The van der Waals surface area contributed by atoms with Crippen LogP contribution in [0.25, 0.3) is 0 Å². The molecule has 0 bridgehead atoms. The van der Waals surface area contributed by atoms with Gasteiger partial charge >= 0.3 is 0 Å². The van der Waals surface area contributed by atoms with Crippen molar-refractivity contribution in [1.29, 1.82) is 0 Å². The summed E-state index contributed by atoms with van der Waals surface area (Å²) >= 11 is 0. The number of sulfonamides is 2. The molecule has 6 N–H and O–H groups in total. The predicted molar refractivity (Wildman–Crippen MR) is 311 cm³/mol. The lowest BCUT2D eigenvalue weighted by Crippen LogP contribution is -2.35. The molecule has 0 aromatic rings. The summed E-state index contributed by atoms with van der Waals surface area (Å²) in [6, 6.07) is 0. The number of hydrogen-bond donors (Lipinski definition) is 5. The molecular weight excluding hydrogens is 979 g/mol. The Bertz CT molecular complexity index is 1080. The highest BCUT2D eigenvalue weighted by molar-refractivity contribution is 7.89. The molecule has 68 heavy (non-hydrogen) atoms. The van der Waals surface area contributed by atoms with Crippen molar-refractivity contribution in [3.05, 3.63) is 0 Å². The molecule has 0 unspecified atom stereocenters. The molecule has 0 spiro atoms. The van der Waals surface area contributed by atoms with E-state index in [9.17, 15) is 16.8 Å². The Morgan fingerprint density at radius 2 is 0.544 bits per heavy atom. The number of hydrogen-bond acceptors (Lipinski definition) is 8. The maximum Gasteiger partial charge on any atom is 0.211 e. The average molecular weight is 1100 g/mol. The second-order valence-corrected chi connectivity index (χ2v) is 23.1. The minimum absolute atomic E-state index is 0. The van der Waals surface area contributed by atoms with Crippen LogP contribution < -0.4 is 25.8 Å². The summed E-state index contributed by atoms with van der Waals surface area (Å²) in [6.07, 6.45) is 46.7.